The molecule has 0 fully saturated rings. The summed E-state index contributed by atoms with van der Waals surface area (Å²) in [4.78, 5) is 4.18. The minimum atomic E-state index is -4.34. The molecule has 0 amide bonds. The fourth-order valence-corrected chi connectivity index (χ4v) is 0.621. The van der Waals surface area contributed by atoms with Crippen molar-refractivity contribution in [3.8, 4) is 6.07 Å². The summed E-state index contributed by atoms with van der Waals surface area (Å²) in [5.41, 5.74) is 2.18. The Kier molecular flexibility index (Phi) is 5.42. The van der Waals surface area contributed by atoms with Gasteiger partial charge in [0, 0.05) is 6.04 Å². The van der Waals surface area contributed by atoms with Crippen molar-refractivity contribution in [3.05, 3.63) is 0 Å². The van der Waals surface area contributed by atoms with E-state index in [1.165, 1.54) is 0 Å². The van der Waals surface area contributed by atoms with Crippen LogP contribution in [0, 0.1) is 11.3 Å². The molecule has 0 saturated heterocycles. The third-order valence-corrected chi connectivity index (χ3v) is 1.32. The number of hydroxylamine groups is 1. The van der Waals surface area contributed by atoms with E-state index in [0.29, 0.717) is 6.42 Å². The van der Waals surface area contributed by atoms with Crippen LogP contribution in [0.1, 0.15) is 19.8 Å². The lowest BCUT2D eigenvalue weighted by Crippen LogP contribution is -2.32. The van der Waals surface area contributed by atoms with Crippen molar-refractivity contribution in [1.29, 1.82) is 5.26 Å². The molecule has 0 rings (SSSR count). The summed E-state index contributed by atoms with van der Waals surface area (Å²) in [5, 5.41) is 8.26. The number of nitriles is 1. The second kappa shape index (κ2) is 5.78. The van der Waals surface area contributed by atoms with Crippen LogP contribution in [0.3, 0.4) is 0 Å². The van der Waals surface area contributed by atoms with Gasteiger partial charge >= 0.3 is 6.18 Å². The number of alkyl halides is 3. The molecule has 1 N–H and O–H groups in total. The standard InChI is InChI=1S/C7H11F3N2O/c1-2-6(3-4-11)12-13-5-7(8,9)10/h6,12H,2-3,5H2,1H3. The van der Waals surface area contributed by atoms with E-state index in [1.54, 1.807) is 6.92 Å². The Balaban J connectivity index is 3.56. The topological polar surface area (TPSA) is 45.0 Å². The lowest BCUT2D eigenvalue weighted by atomic mass is 10.2. The van der Waals surface area contributed by atoms with E-state index in [1.807, 2.05) is 6.07 Å². The van der Waals surface area contributed by atoms with E-state index in [-0.39, 0.29) is 12.5 Å². The molecular formula is C7H11F3N2O. The Hall–Kier alpha value is -0.800. The van der Waals surface area contributed by atoms with Crippen LogP contribution in [0.2, 0.25) is 0 Å². The van der Waals surface area contributed by atoms with Crippen LogP contribution in [-0.2, 0) is 4.84 Å². The van der Waals surface area contributed by atoms with Gasteiger partial charge in [0.2, 0.25) is 0 Å². The molecular weight excluding hydrogens is 185 g/mol. The van der Waals surface area contributed by atoms with E-state index in [0.717, 1.165) is 0 Å². The highest BCUT2D eigenvalue weighted by Gasteiger charge is 2.28. The first-order valence-corrected chi connectivity index (χ1v) is 3.80. The van der Waals surface area contributed by atoms with Crippen molar-refractivity contribution in [2.75, 3.05) is 6.61 Å². The molecule has 6 heteroatoms. The molecule has 13 heavy (non-hydrogen) atoms. The average molecular weight is 196 g/mol. The number of nitrogens with one attached hydrogen (secondary N) is 1. The Morgan fingerprint density at radius 3 is 2.54 bits per heavy atom. The van der Waals surface area contributed by atoms with Crippen molar-refractivity contribution >= 4 is 0 Å². The Bertz CT molecular complexity index is 176. The van der Waals surface area contributed by atoms with Gasteiger partial charge in [-0.25, -0.2) is 0 Å². The SMILES string of the molecule is CCC(CC#N)NOCC(F)(F)F. The molecule has 0 heterocycles. The quantitative estimate of drug-likeness (QED) is 0.681. The number of hydrogen-bond donors (Lipinski definition) is 1. The van der Waals surface area contributed by atoms with Crippen molar-refractivity contribution in [1.82, 2.24) is 5.48 Å². The van der Waals surface area contributed by atoms with Gasteiger partial charge < -0.3 is 0 Å². The van der Waals surface area contributed by atoms with Crippen LogP contribution in [0.15, 0.2) is 0 Å². The van der Waals surface area contributed by atoms with Gasteiger partial charge in [-0.2, -0.15) is 23.9 Å². The zero-order chi connectivity index (χ0) is 10.3. The molecule has 0 bridgehead atoms. The maximum atomic E-state index is 11.6. The monoisotopic (exact) mass is 196 g/mol. The number of nitrogens with zero attached hydrogens (tertiary/aromatic N) is 1. The molecule has 0 aromatic heterocycles. The fourth-order valence-electron chi connectivity index (χ4n) is 0.621. The zero-order valence-electron chi connectivity index (χ0n) is 7.19. The summed E-state index contributed by atoms with van der Waals surface area (Å²) >= 11 is 0. The first-order chi connectivity index (χ1) is 5.99. The number of rotatable bonds is 5. The summed E-state index contributed by atoms with van der Waals surface area (Å²) in [7, 11) is 0. The van der Waals surface area contributed by atoms with Gasteiger partial charge in [0.05, 0.1) is 12.5 Å². The highest BCUT2D eigenvalue weighted by atomic mass is 19.4. The largest absolute Gasteiger partial charge is 0.413 e. The van der Waals surface area contributed by atoms with Crippen LogP contribution in [-0.4, -0.2) is 18.8 Å². The number of hydrogen-bond acceptors (Lipinski definition) is 3. The Labute approximate surface area is 74.4 Å². The van der Waals surface area contributed by atoms with Gasteiger partial charge in [-0.15, -0.1) is 0 Å². The lowest BCUT2D eigenvalue weighted by Gasteiger charge is -2.14. The van der Waals surface area contributed by atoms with Gasteiger partial charge in [0.25, 0.3) is 0 Å². The fraction of sp³-hybridized carbons (Fsp3) is 0.857. The van der Waals surface area contributed by atoms with Gasteiger partial charge in [0.15, 0.2) is 6.61 Å². The molecule has 0 aromatic rings. The molecule has 0 radical (unpaired) electrons. The third kappa shape index (κ3) is 7.56. The van der Waals surface area contributed by atoms with E-state index >= 15 is 0 Å². The summed E-state index contributed by atoms with van der Waals surface area (Å²) in [5.74, 6) is 0. The predicted octanol–water partition coefficient (Wildman–Crippen LogP) is 1.76. The van der Waals surface area contributed by atoms with Crippen molar-refractivity contribution < 1.29 is 18.0 Å². The molecule has 0 aliphatic carbocycles. The molecule has 1 unspecified atom stereocenters. The van der Waals surface area contributed by atoms with Crippen molar-refractivity contribution in [2.24, 2.45) is 0 Å². The summed E-state index contributed by atoms with van der Waals surface area (Å²) in [6, 6.07) is 1.50. The van der Waals surface area contributed by atoms with Crippen LogP contribution in [0.5, 0.6) is 0 Å². The van der Waals surface area contributed by atoms with Gasteiger partial charge in [-0.1, -0.05) is 6.92 Å². The highest BCUT2D eigenvalue weighted by Crippen LogP contribution is 2.13. The van der Waals surface area contributed by atoms with Crippen molar-refractivity contribution in [3.63, 3.8) is 0 Å². The molecule has 76 valence electrons. The van der Waals surface area contributed by atoms with Crippen LogP contribution >= 0.6 is 0 Å². The lowest BCUT2D eigenvalue weighted by molar-refractivity contribution is -0.192. The highest BCUT2D eigenvalue weighted by molar-refractivity contribution is 4.77. The third-order valence-electron chi connectivity index (χ3n) is 1.32. The van der Waals surface area contributed by atoms with Crippen LogP contribution in [0.4, 0.5) is 13.2 Å². The summed E-state index contributed by atoms with van der Waals surface area (Å²) in [6.07, 6.45) is -3.66. The van der Waals surface area contributed by atoms with E-state index in [4.69, 9.17) is 5.26 Å². The predicted molar refractivity (Wildman–Crippen MR) is 39.5 cm³/mol. The molecule has 3 nitrogen and oxygen atoms in total. The molecule has 1 atom stereocenters. The second-order valence-corrected chi connectivity index (χ2v) is 2.49. The van der Waals surface area contributed by atoms with Crippen LogP contribution < -0.4 is 5.48 Å². The van der Waals surface area contributed by atoms with Crippen LogP contribution in [0.25, 0.3) is 0 Å². The minimum Gasteiger partial charge on any atom is -0.292 e. The van der Waals surface area contributed by atoms with Crippen molar-refractivity contribution in [2.45, 2.75) is 32.0 Å². The molecule has 0 spiro atoms. The molecule has 0 aliphatic heterocycles. The second-order valence-electron chi connectivity index (χ2n) is 2.49. The van der Waals surface area contributed by atoms with Gasteiger partial charge in [-0.3, -0.25) is 4.84 Å². The average Bonchev–Trinajstić information content (AvgIpc) is 2.01. The van der Waals surface area contributed by atoms with E-state index in [2.05, 4.69) is 10.3 Å². The normalized spacial score (nSPS) is 13.8. The summed E-state index contributed by atoms with van der Waals surface area (Å²) in [6.45, 7) is 0.418. The first-order valence-electron chi connectivity index (χ1n) is 3.80. The zero-order valence-corrected chi connectivity index (χ0v) is 7.19. The molecule has 0 aromatic carbocycles. The van der Waals surface area contributed by atoms with Gasteiger partial charge in [-0.05, 0) is 6.42 Å². The smallest absolute Gasteiger partial charge is 0.292 e. The Morgan fingerprint density at radius 2 is 2.15 bits per heavy atom. The minimum absolute atomic E-state index is 0.133. The molecule has 0 saturated carbocycles. The maximum absolute atomic E-state index is 11.6. The maximum Gasteiger partial charge on any atom is 0.413 e. The Morgan fingerprint density at radius 1 is 1.54 bits per heavy atom. The first kappa shape index (κ1) is 12.2. The van der Waals surface area contributed by atoms with Gasteiger partial charge in [0.1, 0.15) is 0 Å². The van der Waals surface area contributed by atoms with E-state index < -0.39 is 12.8 Å². The van der Waals surface area contributed by atoms with E-state index in [9.17, 15) is 13.2 Å². The molecule has 0 aliphatic rings. The summed E-state index contributed by atoms with van der Waals surface area (Å²) < 4.78 is 34.7. The number of halogens is 3.